The van der Waals surface area contributed by atoms with E-state index in [2.05, 4.69) is 20.8 Å². The van der Waals surface area contributed by atoms with E-state index in [1.54, 1.807) is 0 Å². The molecule has 50 heavy (non-hydrogen) atoms. The highest BCUT2D eigenvalue weighted by Crippen LogP contribution is 2.69. The van der Waals surface area contributed by atoms with Crippen LogP contribution in [0.25, 0.3) is 0 Å². The van der Waals surface area contributed by atoms with E-state index in [1.165, 1.54) is 0 Å². The molecule has 0 unspecified atom stereocenters. The summed E-state index contributed by atoms with van der Waals surface area (Å²) in [6, 6.07) is 0. The Morgan fingerprint density at radius 1 is 0.760 bits per heavy atom. The van der Waals surface area contributed by atoms with Crippen molar-refractivity contribution >= 4 is 0 Å². The summed E-state index contributed by atoms with van der Waals surface area (Å²) in [5.41, 5.74) is -1.79. The van der Waals surface area contributed by atoms with Gasteiger partial charge in [-0.3, -0.25) is 0 Å². The third-order valence-corrected chi connectivity index (χ3v) is 14.6. The fourth-order valence-electron chi connectivity index (χ4n) is 11.8. The van der Waals surface area contributed by atoms with Gasteiger partial charge in [0.15, 0.2) is 12.6 Å². The monoisotopic (exact) mass is 716 g/mol. The summed E-state index contributed by atoms with van der Waals surface area (Å²) < 4.78 is 23.0. The summed E-state index contributed by atoms with van der Waals surface area (Å²) in [5, 5.41) is 97.4. The smallest absolute Gasteiger partial charge is 0.186 e. The van der Waals surface area contributed by atoms with Crippen molar-refractivity contribution < 1.29 is 64.9 Å². The molecule has 6 fully saturated rings. The maximum Gasteiger partial charge on any atom is 0.186 e. The fraction of sp³-hybridized carbons (Fsp3) is 1.00. The standard InChI is InChI=1S/C37H64O13/c1-17(2)25(49-34-31(45)29(43)26(50-34)16-48-33-30(44)28(42)24(41)15-47-33)7-6-18(3)20-13-22(39)32-36(20,5)11-9-27-35(4)10-8-19(38)12-21(35)23(40)14-37(27,32)46/h17-34,38-46H,6-16H2,1-5H3/t18-,19+,20-,21-,22-,23+,24+,25+,26+,27-,28+,29-,30+,31-,32-,33-,34-,35+,36-,37+/m1/s1. The Morgan fingerprint density at radius 2 is 1.44 bits per heavy atom. The minimum absolute atomic E-state index is 0.0430. The quantitative estimate of drug-likeness (QED) is 0.150. The van der Waals surface area contributed by atoms with Crippen LogP contribution in [0.15, 0.2) is 0 Å². The van der Waals surface area contributed by atoms with Crippen LogP contribution in [0, 0.1) is 46.3 Å². The van der Waals surface area contributed by atoms with Crippen molar-refractivity contribution in [3.63, 3.8) is 0 Å². The van der Waals surface area contributed by atoms with Crippen LogP contribution >= 0.6 is 0 Å². The molecule has 20 atom stereocenters. The van der Waals surface area contributed by atoms with E-state index in [9.17, 15) is 46.0 Å². The largest absolute Gasteiger partial charge is 0.393 e. The SMILES string of the molecule is CC(C)[C@H](CC[C@@H](C)[C@H]1C[C@@H](O)[C@@H]2[C@]1(C)CC[C@@H]1[C@@]3(C)CC[C@H](O)C[C@@H]3[C@@H](O)C[C@]12O)O[C@@H]1O[C@@H](CO[C@H]2OC[C@H](O)[C@H](O)[C@@H]2O)[C@@H](O)[C@H]1O. The molecule has 0 radical (unpaired) electrons. The van der Waals surface area contributed by atoms with Crippen LogP contribution in [0.3, 0.4) is 0 Å². The van der Waals surface area contributed by atoms with Crippen molar-refractivity contribution in [2.24, 2.45) is 46.3 Å². The molecule has 13 nitrogen and oxygen atoms in total. The molecule has 9 N–H and O–H groups in total. The van der Waals surface area contributed by atoms with Crippen molar-refractivity contribution in [2.45, 2.75) is 172 Å². The molecule has 0 aromatic heterocycles. The summed E-state index contributed by atoms with van der Waals surface area (Å²) in [6.45, 7) is 10.2. The van der Waals surface area contributed by atoms with Gasteiger partial charge < -0.3 is 64.9 Å². The first kappa shape index (κ1) is 39.2. The highest BCUT2D eigenvalue weighted by Gasteiger charge is 2.70. The molecule has 2 heterocycles. The van der Waals surface area contributed by atoms with E-state index in [0.29, 0.717) is 25.7 Å². The lowest BCUT2D eigenvalue weighted by Gasteiger charge is -2.66. The number of ether oxygens (including phenoxy) is 4. The van der Waals surface area contributed by atoms with Gasteiger partial charge in [-0.25, -0.2) is 0 Å². The third kappa shape index (κ3) is 6.73. The molecule has 0 amide bonds. The second kappa shape index (κ2) is 14.6. The average Bonchev–Trinajstić information content (AvgIpc) is 3.49. The third-order valence-electron chi connectivity index (χ3n) is 14.6. The molecule has 0 bridgehead atoms. The number of rotatable bonds is 10. The number of aliphatic hydroxyl groups is 9. The van der Waals surface area contributed by atoms with Gasteiger partial charge in [0.1, 0.15) is 36.6 Å². The maximum absolute atomic E-state index is 12.6. The molecule has 6 rings (SSSR count). The van der Waals surface area contributed by atoms with Crippen molar-refractivity contribution in [2.75, 3.05) is 13.2 Å². The predicted molar refractivity (Wildman–Crippen MR) is 178 cm³/mol. The summed E-state index contributed by atoms with van der Waals surface area (Å²) >= 11 is 0. The molecule has 2 aliphatic heterocycles. The Morgan fingerprint density at radius 3 is 2.14 bits per heavy atom. The van der Waals surface area contributed by atoms with Gasteiger partial charge in [0, 0.05) is 12.3 Å². The van der Waals surface area contributed by atoms with E-state index in [1.807, 2.05) is 13.8 Å². The maximum atomic E-state index is 12.6. The number of hydrogen-bond acceptors (Lipinski definition) is 13. The second-order valence-electron chi connectivity index (χ2n) is 17.9. The van der Waals surface area contributed by atoms with Gasteiger partial charge in [0.05, 0.1) is 43.2 Å². The fourth-order valence-corrected chi connectivity index (χ4v) is 11.8. The van der Waals surface area contributed by atoms with Gasteiger partial charge in [-0.1, -0.05) is 34.6 Å². The van der Waals surface area contributed by atoms with Gasteiger partial charge >= 0.3 is 0 Å². The second-order valence-corrected chi connectivity index (χ2v) is 17.9. The molecule has 290 valence electrons. The van der Waals surface area contributed by atoms with Crippen LogP contribution in [-0.2, 0) is 18.9 Å². The van der Waals surface area contributed by atoms with E-state index >= 15 is 0 Å². The Kier molecular flexibility index (Phi) is 11.5. The Balaban J connectivity index is 1.07. The number of aliphatic hydroxyl groups excluding tert-OH is 8. The molecule has 6 aliphatic rings. The average molecular weight is 717 g/mol. The first-order valence-electron chi connectivity index (χ1n) is 19.1. The van der Waals surface area contributed by atoms with Crippen molar-refractivity contribution in [1.82, 2.24) is 0 Å². The van der Waals surface area contributed by atoms with Gasteiger partial charge in [-0.05, 0) is 91.8 Å². The molecule has 4 aliphatic carbocycles. The Labute approximate surface area is 295 Å². The summed E-state index contributed by atoms with van der Waals surface area (Å²) in [7, 11) is 0. The Hall–Kier alpha value is -0.520. The number of hydrogen-bond donors (Lipinski definition) is 9. The molecular weight excluding hydrogens is 652 g/mol. The normalized spacial score (nSPS) is 53.5. The number of fused-ring (bicyclic) bond motifs is 5. The van der Waals surface area contributed by atoms with E-state index in [0.717, 1.165) is 25.7 Å². The molecule has 13 heteroatoms. The van der Waals surface area contributed by atoms with E-state index in [4.69, 9.17) is 18.9 Å². The van der Waals surface area contributed by atoms with Gasteiger partial charge in [-0.15, -0.1) is 0 Å². The zero-order valence-corrected chi connectivity index (χ0v) is 30.3. The van der Waals surface area contributed by atoms with Gasteiger partial charge in [-0.2, -0.15) is 0 Å². The topological polar surface area (TPSA) is 219 Å². The lowest BCUT2D eigenvalue weighted by atomic mass is 9.42. The van der Waals surface area contributed by atoms with E-state index < -0.39 is 73.1 Å². The molecular formula is C37H64O13. The van der Waals surface area contributed by atoms with Gasteiger partial charge in [0.2, 0.25) is 0 Å². The lowest BCUT2D eigenvalue weighted by Crippen LogP contribution is -2.68. The van der Waals surface area contributed by atoms with Crippen LogP contribution in [0.5, 0.6) is 0 Å². The van der Waals surface area contributed by atoms with Crippen molar-refractivity contribution in [3.8, 4) is 0 Å². The molecule has 0 aromatic rings. The highest BCUT2D eigenvalue weighted by atomic mass is 16.7. The summed E-state index contributed by atoms with van der Waals surface area (Å²) in [5.74, 6) is -0.0687. The summed E-state index contributed by atoms with van der Waals surface area (Å²) in [6.07, 6.45) is -6.40. The zero-order chi connectivity index (χ0) is 36.5. The van der Waals surface area contributed by atoms with Crippen LogP contribution in [0.1, 0.15) is 92.4 Å². The van der Waals surface area contributed by atoms with E-state index in [-0.39, 0.29) is 72.1 Å². The van der Waals surface area contributed by atoms with Crippen LogP contribution in [0.4, 0.5) is 0 Å². The Bertz CT molecular complexity index is 1160. The predicted octanol–water partition coefficient (Wildman–Crippen LogP) is 0.423. The zero-order valence-electron chi connectivity index (χ0n) is 30.3. The van der Waals surface area contributed by atoms with Gasteiger partial charge in [0.25, 0.3) is 0 Å². The van der Waals surface area contributed by atoms with Crippen LogP contribution in [0.2, 0.25) is 0 Å². The van der Waals surface area contributed by atoms with Crippen LogP contribution in [-0.4, -0.2) is 138 Å². The van der Waals surface area contributed by atoms with Crippen molar-refractivity contribution in [3.05, 3.63) is 0 Å². The minimum Gasteiger partial charge on any atom is -0.393 e. The van der Waals surface area contributed by atoms with Crippen molar-refractivity contribution in [1.29, 1.82) is 0 Å². The molecule has 0 spiro atoms. The first-order valence-corrected chi connectivity index (χ1v) is 19.1. The molecule has 2 saturated heterocycles. The first-order chi connectivity index (χ1) is 23.4. The lowest BCUT2D eigenvalue weighted by molar-refractivity contribution is -0.279. The van der Waals surface area contributed by atoms with Crippen LogP contribution < -0.4 is 0 Å². The summed E-state index contributed by atoms with van der Waals surface area (Å²) in [4.78, 5) is 0. The molecule has 0 aromatic carbocycles. The minimum atomic E-state index is -1.49. The highest BCUT2D eigenvalue weighted by molar-refractivity contribution is 5.20. The molecule has 4 saturated carbocycles.